The van der Waals surface area contributed by atoms with Crippen molar-refractivity contribution < 1.29 is 5.11 Å². The van der Waals surface area contributed by atoms with Crippen LogP contribution in [0.5, 0.6) is 0 Å². The molecule has 1 N–H and O–H groups in total. The van der Waals surface area contributed by atoms with E-state index < -0.39 is 0 Å². The number of rotatable bonds is 6. The SMILES string of the molecule is CCN(CCCN(C)C)[C@@H]1CCC[C@H]1O. The Hall–Kier alpha value is -0.120. The van der Waals surface area contributed by atoms with Crippen molar-refractivity contribution in [2.45, 2.75) is 44.8 Å². The van der Waals surface area contributed by atoms with E-state index >= 15 is 0 Å². The topological polar surface area (TPSA) is 26.7 Å². The number of nitrogens with zero attached hydrogens (tertiary/aromatic N) is 2. The number of hydrogen-bond acceptors (Lipinski definition) is 3. The molecule has 0 spiro atoms. The highest BCUT2D eigenvalue weighted by Crippen LogP contribution is 2.24. The molecule has 3 nitrogen and oxygen atoms in total. The molecule has 0 radical (unpaired) electrons. The highest BCUT2D eigenvalue weighted by Gasteiger charge is 2.29. The van der Waals surface area contributed by atoms with Crippen LogP contribution in [-0.2, 0) is 0 Å². The first kappa shape index (κ1) is 12.9. The lowest BCUT2D eigenvalue weighted by Gasteiger charge is -2.30. The Kier molecular flexibility index (Phi) is 5.58. The van der Waals surface area contributed by atoms with Crippen molar-refractivity contribution in [3.05, 3.63) is 0 Å². The largest absolute Gasteiger partial charge is 0.391 e. The molecule has 2 atom stereocenters. The number of likely N-dealkylation sites (N-methyl/N-ethyl adjacent to an activating group) is 1. The number of hydrogen-bond donors (Lipinski definition) is 1. The van der Waals surface area contributed by atoms with Crippen molar-refractivity contribution >= 4 is 0 Å². The summed E-state index contributed by atoms with van der Waals surface area (Å²) in [5.74, 6) is 0. The summed E-state index contributed by atoms with van der Waals surface area (Å²) in [5.41, 5.74) is 0. The van der Waals surface area contributed by atoms with Gasteiger partial charge in [-0.3, -0.25) is 4.90 Å². The van der Waals surface area contributed by atoms with Gasteiger partial charge >= 0.3 is 0 Å². The summed E-state index contributed by atoms with van der Waals surface area (Å²) in [4.78, 5) is 4.67. The van der Waals surface area contributed by atoms with E-state index in [1.54, 1.807) is 0 Å². The highest BCUT2D eigenvalue weighted by molar-refractivity contribution is 4.84. The smallest absolute Gasteiger partial charge is 0.0695 e. The molecule has 15 heavy (non-hydrogen) atoms. The van der Waals surface area contributed by atoms with Crippen LogP contribution in [0.15, 0.2) is 0 Å². The van der Waals surface area contributed by atoms with Gasteiger partial charge in [0.25, 0.3) is 0 Å². The Balaban J connectivity index is 2.28. The van der Waals surface area contributed by atoms with Crippen molar-refractivity contribution in [3.63, 3.8) is 0 Å². The van der Waals surface area contributed by atoms with Crippen molar-refractivity contribution in [1.29, 1.82) is 0 Å². The van der Waals surface area contributed by atoms with Gasteiger partial charge < -0.3 is 10.0 Å². The van der Waals surface area contributed by atoms with Gasteiger partial charge in [0.2, 0.25) is 0 Å². The van der Waals surface area contributed by atoms with Gasteiger partial charge in [0, 0.05) is 6.04 Å². The van der Waals surface area contributed by atoms with Crippen LogP contribution in [0.2, 0.25) is 0 Å². The summed E-state index contributed by atoms with van der Waals surface area (Å²) >= 11 is 0. The molecule has 1 aliphatic rings. The fourth-order valence-corrected chi connectivity index (χ4v) is 2.50. The molecule has 0 aromatic carbocycles. The third kappa shape index (κ3) is 4.09. The molecule has 1 aliphatic carbocycles. The molecule has 1 fully saturated rings. The molecule has 0 bridgehead atoms. The van der Waals surface area contributed by atoms with Crippen LogP contribution < -0.4 is 0 Å². The lowest BCUT2D eigenvalue weighted by Crippen LogP contribution is -2.41. The van der Waals surface area contributed by atoms with Crippen molar-refractivity contribution in [3.8, 4) is 0 Å². The average molecular weight is 214 g/mol. The Morgan fingerprint density at radius 1 is 1.20 bits per heavy atom. The van der Waals surface area contributed by atoms with E-state index in [2.05, 4.69) is 30.8 Å². The van der Waals surface area contributed by atoms with Crippen molar-refractivity contribution in [1.82, 2.24) is 9.80 Å². The average Bonchev–Trinajstić information content (AvgIpc) is 2.59. The lowest BCUT2D eigenvalue weighted by atomic mass is 10.1. The maximum absolute atomic E-state index is 9.85. The minimum atomic E-state index is -0.0793. The summed E-state index contributed by atoms with van der Waals surface area (Å²) in [5, 5.41) is 9.85. The molecular weight excluding hydrogens is 188 g/mol. The zero-order valence-electron chi connectivity index (χ0n) is 10.4. The molecule has 0 aromatic heterocycles. The van der Waals surface area contributed by atoms with Gasteiger partial charge in [-0.1, -0.05) is 6.92 Å². The molecule has 90 valence electrons. The fraction of sp³-hybridized carbons (Fsp3) is 1.00. The predicted molar refractivity (Wildman–Crippen MR) is 64.1 cm³/mol. The van der Waals surface area contributed by atoms with Gasteiger partial charge in [-0.05, 0) is 59.4 Å². The Morgan fingerprint density at radius 3 is 2.40 bits per heavy atom. The second kappa shape index (κ2) is 6.46. The lowest BCUT2D eigenvalue weighted by molar-refractivity contribution is 0.0719. The van der Waals surface area contributed by atoms with E-state index in [1.807, 2.05) is 0 Å². The highest BCUT2D eigenvalue weighted by atomic mass is 16.3. The monoisotopic (exact) mass is 214 g/mol. The first-order valence-electron chi connectivity index (χ1n) is 6.22. The molecule has 3 heteroatoms. The normalized spacial score (nSPS) is 26.8. The molecule has 0 heterocycles. The van der Waals surface area contributed by atoms with Crippen LogP contribution in [0.3, 0.4) is 0 Å². The summed E-state index contributed by atoms with van der Waals surface area (Å²) in [6, 6.07) is 0.428. The first-order chi connectivity index (χ1) is 7.15. The molecule has 0 aromatic rings. The quantitative estimate of drug-likeness (QED) is 0.719. The van der Waals surface area contributed by atoms with Gasteiger partial charge in [-0.25, -0.2) is 0 Å². The zero-order valence-corrected chi connectivity index (χ0v) is 10.4. The molecule has 0 aliphatic heterocycles. The molecule has 0 amide bonds. The van der Waals surface area contributed by atoms with Crippen LogP contribution in [0.1, 0.15) is 32.6 Å². The van der Waals surface area contributed by atoms with E-state index in [4.69, 9.17) is 0 Å². The number of aliphatic hydroxyl groups is 1. The van der Waals surface area contributed by atoms with Gasteiger partial charge in [-0.2, -0.15) is 0 Å². The Bertz CT molecular complexity index is 173. The van der Waals surface area contributed by atoms with Crippen LogP contribution in [0.25, 0.3) is 0 Å². The number of aliphatic hydroxyl groups excluding tert-OH is 1. The van der Waals surface area contributed by atoms with Crippen molar-refractivity contribution in [2.24, 2.45) is 0 Å². The van der Waals surface area contributed by atoms with E-state index in [9.17, 15) is 5.11 Å². The standard InChI is InChI=1S/C12H26N2O/c1-4-14(10-6-9-13(2)3)11-7-5-8-12(11)15/h11-12,15H,4-10H2,1-3H3/t11-,12-/m1/s1. The summed E-state index contributed by atoms with van der Waals surface area (Å²) in [7, 11) is 4.22. The zero-order chi connectivity index (χ0) is 11.3. The summed E-state index contributed by atoms with van der Waals surface area (Å²) in [6.45, 7) is 5.52. The molecule has 1 saturated carbocycles. The third-order valence-electron chi connectivity index (χ3n) is 3.37. The minimum absolute atomic E-state index is 0.0793. The van der Waals surface area contributed by atoms with E-state index in [0.29, 0.717) is 6.04 Å². The van der Waals surface area contributed by atoms with Gasteiger partial charge in [0.05, 0.1) is 6.10 Å². The van der Waals surface area contributed by atoms with Crippen LogP contribution in [-0.4, -0.2) is 60.8 Å². The molecule has 1 rings (SSSR count). The maximum atomic E-state index is 9.85. The van der Waals surface area contributed by atoms with Crippen LogP contribution in [0, 0.1) is 0 Å². The first-order valence-corrected chi connectivity index (χ1v) is 6.22. The predicted octanol–water partition coefficient (Wildman–Crippen LogP) is 1.17. The third-order valence-corrected chi connectivity index (χ3v) is 3.37. The second-order valence-electron chi connectivity index (χ2n) is 4.85. The molecule has 0 saturated heterocycles. The molecular formula is C12H26N2O. The van der Waals surface area contributed by atoms with E-state index in [1.165, 1.54) is 19.3 Å². The van der Waals surface area contributed by atoms with E-state index in [-0.39, 0.29) is 6.10 Å². The Labute approximate surface area is 94.1 Å². The Morgan fingerprint density at radius 2 is 1.93 bits per heavy atom. The van der Waals surface area contributed by atoms with E-state index in [0.717, 1.165) is 26.1 Å². The maximum Gasteiger partial charge on any atom is 0.0695 e. The van der Waals surface area contributed by atoms with Crippen molar-refractivity contribution in [2.75, 3.05) is 33.7 Å². The van der Waals surface area contributed by atoms with Gasteiger partial charge in [-0.15, -0.1) is 0 Å². The van der Waals surface area contributed by atoms with Crippen LogP contribution in [0.4, 0.5) is 0 Å². The summed E-state index contributed by atoms with van der Waals surface area (Å²) < 4.78 is 0. The fourth-order valence-electron chi connectivity index (χ4n) is 2.50. The van der Waals surface area contributed by atoms with Crippen LogP contribution >= 0.6 is 0 Å². The minimum Gasteiger partial charge on any atom is -0.391 e. The molecule has 0 unspecified atom stereocenters. The second-order valence-corrected chi connectivity index (χ2v) is 4.85. The van der Waals surface area contributed by atoms with Gasteiger partial charge in [0.1, 0.15) is 0 Å². The summed E-state index contributed by atoms with van der Waals surface area (Å²) in [6.07, 6.45) is 4.48. The van der Waals surface area contributed by atoms with Gasteiger partial charge in [0.15, 0.2) is 0 Å².